The Hall–Kier alpha value is -1.25. The molecule has 3 nitrogen and oxygen atoms in total. The van der Waals surface area contributed by atoms with Crippen LogP contribution in [0.25, 0.3) is 0 Å². The van der Waals surface area contributed by atoms with Gasteiger partial charge in [-0.2, -0.15) is 0 Å². The van der Waals surface area contributed by atoms with Gasteiger partial charge in [0, 0.05) is 11.6 Å². The van der Waals surface area contributed by atoms with Crippen molar-refractivity contribution in [1.29, 1.82) is 0 Å². The summed E-state index contributed by atoms with van der Waals surface area (Å²) in [6.45, 7) is 4.22. The summed E-state index contributed by atoms with van der Waals surface area (Å²) in [4.78, 5) is 19.5. The molecule has 0 radical (unpaired) electrons. The molecule has 0 N–H and O–H groups in total. The van der Waals surface area contributed by atoms with Crippen molar-refractivity contribution in [3.63, 3.8) is 0 Å². The molecule has 0 saturated heterocycles. The highest BCUT2D eigenvalue weighted by molar-refractivity contribution is 5.71. The Morgan fingerprint density at radius 2 is 1.94 bits per heavy atom. The number of nitrogens with zero attached hydrogens (tertiary/aromatic N) is 2. The lowest BCUT2D eigenvalue weighted by Gasteiger charge is -2.25. The van der Waals surface area contributed by atoms with Crippen molar-refractivity contribution in [1.82, 2.24) is 9.97 Å². The summed E-state index contributed by atoms with van der Waals surface area (Å²) in [5.74, 6) is 2.15. The molecule has 1 aromatic rings. The van der Waals surface area contributed by atoms with Crippen LogP contribution in [0.15, 0.2) is 6.07 Å². The standard InChI is InChI=1S/C13H18N2O/c1-9-3-5-11(6-4-9)13-14-10(2)7-12(8-16)15-13/h7-9,11H,3-6H2,1-2H3. The van der Waals surface area contributed by atoms with Gasteiger partial charge in [-0.1, -0.05) is 19.8 Å². The summed E-state index contributed by atoms with van der Waals surface area (Å²) in [6, 6.07) is 1.74. The number of hydrogen-bond acceptors (Lipinski definition) is 3. The van der Waals surface area contributed by atoms with Gasteiger partial charge in [0.1, 0.15) is 11.5 Å². The van der Waals surface area contributed by atoms with Crippen LogP contribution in [-0.2, 0) is 0 Å². The molecule has 1 saturated carbocycles. The van der Waals surface area contributed by atoms with E-state index in [-0.39, 0.29) is 0 Å². The molecule has 0 bridgehead atoms. The fourth-order valence-electron chi connectivity index (χ4n) is 2.38. The lowest BCUT2D eigenvalue weighted by Crippen LogP contribution is -2.14. The average molecular weight is 218 g/mol. The van der Waals surface area contributed by atoms with E-state index >= 15 is 0 Å². The van der Waals surface area contributed by atoms with Gasteiger partial charge in [0.05, 0.1) is 0 Å². The Labute approximate surface area is 96.3 Å². The minimum atomic E-state index is 0.454. The maximum atomic E-state index is 10.8. The second-order valence-electron chi connectivity index (χ2n) is 4.87. The molecule has 0 aliphatic heterocycles. The molecule has 2 rings (SSSR count). The number of carbonyl (C=O) groups excluding carboxylic acids is 1. The SMILES string of the molecule is Cc1cc(C=O)nc(C2CCC(C)CC2)n1. The second-order valence-corrected chi connectivity index (χ2v) is 4.87. The van der Waals surface area contributed by atoms with Gasteiger partial charge in [-0.05, 0) is 31.7 Å². The lowest BCUT2D eigenvalue weighted by molar-refractivity contribution is 0.111. The highest BCUT2D eigenvalue weighted by Gasteiger charge is 2.22. The number of carbonyl (C=O) groups is 1. The summed E-state index contributed by atoms with van der Waals surface area (Å²) >= 11 is 0. The molecule has 1 aromatic heterocycles. The van der Waals surface area contributed by atoms with Gasteiger partial charge < -0.3 is 0 Å². The third-order valence-corrected chi connectivity index (χ3v) is 3.39. The number of rotatable bonds is 2. The van der Waals surface area contributed by atoms with E-state index in [2.05, 4.69) is 16.9 Å². The highest BCUT2D eigenvalue weighted by Crippen LogP contribution is 2.33. The zero-order valence-electron chi connectivity index (χ0n) is 9.94. The lowest BCUT2D eigenvalue weighted by atomic mass is 9.82. The molecule has 1 aliphatic rings. The van der Waals surface area contributed by atoms with E-state index in [1.807, 2.05) is 6.92 Å². The predicted molar refractivity (Wildman–Crippen MR) is 62.5 cm³/mol. The Balaban J connectivity index is 2.19. The van der Waals surface area contributed by atoms with Crippen LogP contribution < -0.4 is 0 Å². The first-order valence-electron chi connectivity index (χ1n) is 6.00. The van der Waals surface area contributed by atoms with Crippen molar-refractivity contribution >= 4 is 6.29 Å². The Morgan fingerprint density at radius 3 is 2.56 bits per heavy atom. The third kappa shape index (κ3) is 2.46. The molecule has 0 atom stereocenters. The molecule has 1 aliphatic carbocycles. The minimum Gasteiger partial charge on any atom is -0.296 e. The average Bonchev–Trinajstić information content (AvgIpc) is 2.29. The third-order valence-electron chi connectivity index (χ3n) is 3.39. The minimum absolute atomic E-state index is 0.454. The van der Waals surface area contributed by atoms with Gasteiger partial charge in [-0.25, -0.2) is 9.97 Å². The molecular weight excluding hydrogens is 200 g/mol. The van der Waals surface area contributed by atoms with Crippen LogP contribution in [0.3, 0.4) is 0 Å². The largest absolute Gasteiger partial charge is 0.296 e. The van der Waals surface area contributed by atoms with Crippen LogP contribution in [-0.4, -0.2) is 16.3 Å². The molecule has 0 spiro atoms. The van der Waals surface area contributed by atoms with Crippen molar-refractivity contribution in [2.24, 2.45) is 5.92 Å². The van der Waals surface area contributed by atoms with Gasteiger partial charge in [-0.3, -0.25) is 4.79 Å². The first kappa shape index (κ1) is 11.2. The van der Waals surface area contributed by atoms with Crippen LogP contribution in [0.2, 0.25) is 0 Å². The van der Waals surface area contributed by atoms with E-state index in [1.165, 1.54) is 12.8 Å². The van der Waals surface area contributed by atoms with Gasteiger partial charge in [0.2, 0.25) is 0 Å². The Bertz CT molecular complexity index is 382. The van der Waals surface area contributed by atoms with E-state index in [4.69, 9.17) is 0 Å². The van der Waals surface area contributed by atoms with E-state index in [0.29, 0.717) is 11.6 Å². The van der Waals surface area contributed by atoms with E-state index in [9.17, 15) is 4.79 Å². The van der Waals surface area contributed by atoms with Gasteiger partial charge >= 0.3 is 0 Å². The quantitative estimate of drug-likeness (QED) is 0.717. The summed E-state index contributed by atoms with van der Waals surface area (Å²) in [5.41, 5.74) is 1.41. The van der Waals surface area contributed by atoms with Crippen LogP contribution in [0.1, 0.15) is 60.5 Å². The molecule has 16 heavy (non-hydrogen) atoms. The number of aromatic nitrogens is 2. The fraction of sp³-hybridized carbons (Fsp3) is 0.615. The van der Waals surface area contributed by atoms with Crippen LogP contribution in [0.5, 0.6) is 0 Å². The summed E-state index contributed by atoms with van der Waals surface area (Å²) in [5, 5.41) is 0. The zero-order chi connectivity index (χ0) is 11.5. The fourth-order valence-corrected chi connectivity index (χ4v) is 2.38. The number of aryl methyl sites for hydroxylation is 1. The van der Waals surface area contributed by atoms with Crippen LogP contribution in [0.4, 0.5) is 0 Å². The molecule has 1 fully saturated rings. The molecule has 1 heterocycles. The van der Waals surface area contributed by atoms with Crippen molar-refractivity contribution in [3.05, 3.63) is 23.3 Å². The molecule has 86 valence electrons. The van der Waals surface area contributed by atoms with E-state index < -0.39 is 0 Å². The van der Waals surface area contributed by atoms with Crippen molar-refractivity contribution in [2.45, 2.75) is 45.4 Å². The van der Waals surface area contributed by atoms with E-state index in [1.54, 1.807) is 6.07 Å². The van der Waals surface area contributed by atoms with Gasteiger partial charge in [-0.15, -0.1) is 0 Å². The summed E-state index contributed by atoms with van der Waals surface area (Å²) in [6.07, 6.45) is 5.62. The summed E-state index contributed by atoms with van der Waals surface area (Å²) < 4.78 is 0. The van der Waals surface area contributed by atoms with Crippen LogP contribution in [0, 0.1) is 12.8 Å². The first-order valence-corrected chi connectivity index (χ1v) is 6.00. The zero-order valence-corrected chi connectivity index (χ0v) is 9.94. The Kier molecular flexibility index (Phi) is 3.32. The van der Waals surface area contributed by atoms with Crippen LogP contribution >= 0.6 is 0 Å². The first-order chi connectivity index (χ1) is 7.69. The van der Waals surface area contributed by atoms with Crippen molar-refractivity contribution < 1.29 is 4.79 Å². The second kappa shape index (κ2) is 4.73. The van der Waals surface area contributed by atoms with E-state index in [0.717, 1.165) is 36.6 Å². The maximum absolute atomic E-state index is 10.8. The molecule has 0 aromatic carbocycles. The summed E-state index contributed by atoms with van der Waals surface area (Å²) in [7, 11) is 0. The Morgan fingerprint density at radius 1 is 1.25 bits per heavy atom. The number of aldehydes is 1. The molecular formula is C13H18N2O. The monoisotopic (exact) mass is 218 g/mol. The molecule has 0 amide bonds. The van der Waals surface area contributed by atoms with Crippen molar-refractivity contribution in [3.8, 4) is 0 Å². The van der Waals surface area contributed by atoms with Gasteiger partial charge in [0.15, 0.2) is 6.29 Å². The number of hydrogen-bond donors (Lipinski definition) is 0. The maximum Gasteiger partial charge on any atom is 0.168 e. The predicted octanol–water partition coefficient (Wildman–Crippen LogP) is 2.89. The molecule has 3 heteroatoms. The molecule has 0 unspecified atom stereocenters. The smallest absolute Gasteiger partial charge is 0.168 e. The topological polar surface area (TPSA) is 42.9 Å². The highest BCUT2D eigenvalue weighted by atomic mass is 16.1. The normalized spacial score (nSPS) is 25.4. The van der Waals surface area contributed by atoms with Gasteiger partial charge in [0.25, 0.3) is 0 Å². The van der Waals surface area contributed by atoms with Crippen molar-refractivity contribution in [2.75, 3.05) is 0 Å².